The van der Waals surface area contributed by atoms with E-state index in [0.717, 1.165) is 31.6 Å². The zero-order chi connectivity index (χ0) is 27.4. The van der Waals surface area contributed by atoms with E-state index in [-0.39, 0.29) is 18.5 Å². The highest BCUT2D eigenvalue weighted by molar-refractivity contribution is 8.76. The number of hydrogen-bond acceptors (Lipinski definition) is 9. The molecule has 2 aromatic carbocycles. The van der Waals surface area contributed by atoms with Gasteiger partial charge < -0.3 is 24.8 Å². The molecule has 0 aliphatic heterocycles. The van der Waals surface area contributed by atoms with Crippen LogP contribution in [0.15, 0.2) is 58.3 Å². The Morgan fingerprint density at radius 3 is 1.97 bits per heavy atom. The summed E-state index contributed by atoms with van der Waals surface area (Å²) in [6, 6.07) is 16.7. The second-order valence-corrected chi connectivity index (χ2v) is 11.2. The van der Waals surface area contributed by atoms with Gasteiger partial charge in [0.25, 0.3) is 0 Å². The number of nitrogens with one attached hydrogen (secondary N) is 1. The van der Waals surface area contributed by atoms with Crippen molar-refractivity contribution in [3.05, 3.63) is 54.1 Å². The van der Waals surface area contributed by atoms with Crippen LogP contribution in [0.5, 0.6) is 0 Å². The van der Waals surface area contributed by atoms with E-state index in [1.807, 2.05) is 12.1 Å². The number of aryl methyl sites for hydroxylation is 1. The van der Waals surface area contributed by atoms with Crippen molar-refractivity contribution in [2.45, 2.75) is 62.2 Å². The first-order valence-corrected chi connectivity index (χ1v) is 15.5. The van der Waals surface area contributed by atoms with Crippen LogP contribution in [0.3, 0.4) is 0 Å². The summed E-state index contributed by atoms with van der Waals surface area (Å²) in [5.41, 5.74) is 2.23. The molecule has 0 bridgehead atoms. The predicted octanol–water partition coefficient (Wildman–Crippen LogP) is 5.95. The average molecular weight is 563 g/mol. The van der Waals surface area contributed by atoms with Crippen molar-refractivity contribution in [2.24, 2.45) is 0 Å². The molecule has 9 heteroatoms. The fraction of sp³-hybridized carbons (Fsp3) is 0.517. The van der Waals surface area contributed by atoms with Crippen molar-refractivity contribution in [3.8, 4) is 0 Å². The molecule has 0 aliphatic rings. The predicted molar refractivity (Wildman–Crippen MR) is 157 cm³/mol. The van der Waals surface area contributed by atoms with Gasteiger partial charge in [-0.3, -0.25) is 9.59 Å². The molecule has 2 aromatic rings. The highest BCUT2D eigenvalue weighted by Gasteiger charge is 2.08. The van der Waals surface area contributed by atoms with Gasteiger partial charge in [0.2, 0.25) is 0 Å². The number of esters is 2. The van der Waals surface area contributed by atoms with Crippen LogP contribution in [0.2, 0.25) is 0 Å². The Hall–Kier alpha value is -2.20. The van der Waals surface area contributed by atoms with E-state index in [2.05, 4.69) is 60.5 Å². The van der Waals surface area contributed by atoms with E-state index in [9.17, 15) is 9.59 Å². The molecule has 0 fully saturated rings. The number of aliphatic hydroxyl groups excluding tert-OH is 1. The number of aliphatic hydroxyl groups is 1. The normalized spacial score (nSPS) is 10.9. The van der Waals surface area contributed by atoms with Gasteiger partial charge in [0.05, 0.1) is 26.1 Å². The van der Waals surface area contributed by atoms with Gasteiger partial charge in [-0.2, -0.15) is 0 Å². The van der Waals surface area contributed by atoms with E-state index in [1.165, 1.54) is 15.4 Å². The zero-order valence-corrected chi connectivity index (χ0v) is 24.3. The molecule has 7 nitrogen and oxygen atoms in total. The van der Waals surface area contributed by atoms with Crippen LogP contribution in [0.4, 0.5) is 5.69 Å². The number of benzene rings is 2. The van der Waals surface area contributed by atoms with E-state index in [4.69, 9.17) is 14.6 Å². The summed E-state index contributed by atoms with van der Waals surface area (Å²) in [4.78, 5) is 28.5. The first-order chi connectivity index (χ1) is 18.5. The highest BCUT2D eigenvalue weighted by Crippen LogP contribution is 2.37. The summed E-state index contributed by atoms with van der Waals surface area (Å²) in [6.07, 6.45) is 3.69. The molecule has 2 N–H and O–H groups in total. The van der Waals surface area contributed by atoms with E-state index < -0.39 is 0 Å². The average Bonchev–Trinajstić information content (AvgIpc) is 2.93. The van der Waals surface area contributed by atoms with Gasteiger partial charge in [-0.15, -0.1) is 0 Å². The Bertz CT molecular complexity index is 926. The van der Waals surface area contributed by atoms with Crippen molar-refractivity contribution in [2.75, 3.05) is 51.3 Å². The van der Waals surface area contributed by atoms with Crippen molar-refractivity contribution >= 4 is 39.2 Å². The molecular formula is C29H42N2O5S2. The fourth-order valence-electron chi connectivity index (χ4n) is 3.47. The minimum Gasteiger partial charge on any atom is -0.466 e. The summed E-state index contributed by atoms with van der Waals surface area (Å²) in [5, 5.41) is 12.1. The number of rotatable bonds is 20. The Balaban J connectivity index is 1.47. The second-order valence-electron chi connectivity index (χ2n) is 8.94. The minimum absolute atomic E-state index is 0.203. The van der Waals surface area contributed by atoms with E-state index >= 15 is 0 Å². The van der Waals surface area contributed by atoms with E-state index in [1.54, 1.807) is 21.6 Å². The minimum atomic E-state index is -0.239. The molecular weight excluding hydrogens is 520 g/mol. The van der Waals surface area contributed by atoms with Crippen LogP contribution >= 0.6 is 21.6 Å². The van der Waals surface area contributed by atoms with Gasteiger partial charge in [0, 0.05) is 35.2 Å². The molecule has 38 heavy (non-hydrogen) atoms. The van der Waals surface area contributed by atoms with Gasteiger partial charge in [0.15, 0.2) is 0 Å². The molecule has 0 unspecified atom stereocenters. The molecule has 0 atom stereocenters. The quantitative estimate of drug-likeness (QED) is 0.115. The number of carbonyl (C=O) groups excluding carboxylic acids is 2. The van der Waals surface area contributed by atoms with Gasteiger partial charge in [0.1, 0.15) is 0 Å². The maximum Gasteiger partial charge on any atom is 0.307 e. The third-order valence-electron chi connectivity index (χ3n) is 5.79. The van der Waals surface area contributed by atoms with Crippen molar-refractivity contribution in [1.29, 1.82) is 0 Å². The summed E-state index contributed by atoms with van der Waals surface area (Å²) < 4.78 is 10.6. The van der Waals surface area contributed by atoms with Crippen molar-refractivity contribution < 1.29 is 24.2 Å². The molecule has 0 amide bonds. The second kappa shape index (κ2) is 19.8. The summed E-state index contributed by atoms with van der Waals surface area (Å²) >= 11 is 0. The van der Waals surface area contributed by atoms with Crippen LogP contribution in [0.1, 0.15) is 51.0 Å². The first-order valence-electron chi connectivity index (χ1n) is 13.4. The number of carbonyl (C=O) groups is 2. The molecule has 2 rings (SSSR count). The molecule has 0 spiro atoms. The van der Waals surface area contributed by atoms with Gasteiger partial charge in [-0.25, -0.2) is 0 Å². The van der Waals surface area contributed by atoms with Gasteiger partial charge in [-0.1, -0.05) is 46.2 Å². The molecule has 0 radical (unpaired) electrons. The maximum absolute atomic E-state index is 12.0. The number of hydrogen-bond donors (Lipinski definition) is 2. The van der Waals surface area contributed by atoms with Crippen LogP contribution in [0.25, 0.3) is 0 Å². The van der Waals surface area contributed by atoms with Crippen LogP contribution < -0.4 is 5.32 Å². The lowest BCUT2D eigenvalue weighted by molar-refractivity contribution is -0.146. The largest absolute Gasteiger partial charge is 0.466 e. The Morgan fingerprint density at radius 1 is 0.816 bits per heavy atom. The van der Waals surface area contributed by atoms with Crippen LogP contribution in [-0.2, 0) is 19.1 Å². The Labute approximate surface area is 235 Å². The van der Waals surface area contributed by atoms with Crippen molar-refractivity contribution in [1.82, 2.24) is 4.90 Å². The molecule has 0 aliphatic carbocycles. The monoisotopic (exact) mass is 562 g/mol. The van der Waals surface area contributed by atoms with Crippen molar-refractivity contribution in [3.63, 3.8) is 0 Å². The van der Waals surface area contributed by atoms with Crippen LogP contribution in [-0.4, -0.2) is 67.9 Å². The number of nitrogens with zero attached hydrogens (tertiary/aromatic N) is 1. The third-order valence-corrected chi connectivity index (χ3v) is 8.21. The van der Waals surface area contributed by atoms with Gasteiger partial charge >= 0.3 is 11.9 Å². The highest BCUT2D eigenvalue weighted by atomic mass is 33.1. The summed E-state index contributed by atoms with van der Waals surface area (Å²) in [7, 11) is 3.45. The fourth-order valence-corrected chi connectivity index (χ4v) is 5.40. The molecule has 0 aromatic heterocycles. The lowest BCUT2D eigenvalue weighted by atomic mass is 10.2. The van der Waals surface area contributed by atoms with Gasteiger partial charge in [-0.05, 0) is 82.1 Å². The number of ether oxygens (including phenoxy) is 2. The molecule has 0 heterocycles. The van der Waals surface area contributed by atoms with Crippen LogP contribution in [0, 0.1) is 6.92 Å². The molecule has 0 saturated heterocycles. The number of anilines is 1. The Morgan fingerprint density at radius 2 is 1.39 bits per heavy atom. The summed E-state index contributed by atoms with van der Waals surface area (Å²) in [6.45, 7) is 7.95. The molecule has 0 saturated carbocycles. The summed E-state index contributed by atoms with van der Waals surface area (Å²) in [5.74, 6) is -0.442. The van der Waals surface area contributed by atoms with E-state index in [0.29, 0.717) is 52.0 Å². The molecule has 210 valence electrons. The topological polar surface area (TPSA) is 88.1 Å². The number of unbranched alkanes of at least 4 members (excludes halogenated alkanes) is 2. The maximum atomic E-state index is 12.0. The Kier molecular flexibility index (Phi) is 16.7. The smallest absolute Gasteiger partial charge is 0.307 e. The lowest BCUT2D eigenvalue weighted by Crippen LogP contribution is -2.28. The standard InChI is InChI=1S/C29H42N2O5S2/c1-3-31(19-4-5-21-32)20-17-29(34)36-23-7-6-22-35-28(33)16-18-30-25-10-14-27(15-11-25)38-37-26-12-8-24(2)9-13-26/h8-15,30,32H,3-7,16-23H2,1-2H3. The third kappa shape index (κ3) is 14.7. The zero-order valence-electron chi connectivity index (χ0n) is 22.7. The first kappa shape index (κ1) is 32.0. The lowest BCUT2D eigenvalue weighted by Gasteiger charge is -2.19. The SMILES string of the molecule is CCN(CCCCO)CCC(=O)OCCCCOC(=O)CCNc1ccc(SSc2ccc(C)cc2)cc1.